The predicted molar refractivity (Wildman–Crippen MR) is 79.9 cm³/mol. The van der Waals surface area contributed by atoms with Crippen molar-refractivity contribution in [3.05, 3.63) is 30.2 Å². The van der Waals surface area contributed by atoms with E-state index >= 15 is 0 Å². The molecule has 0 radical (unpaired) electrons. The Kier molecular flexibility index (Phi) is 4.06. The first-order valence-corrected chi connectivity index (χ1v) is 7.19. The van der Waals surface area contributed by atoms with Gasteiger partial charge in [0.15, 0.2) is 0 Å². The highest BCUT2D eigenvalue weighted by Gasteiger charge is 2.26. The lowest BCUT2D eigenvalue weighted by Gasteiger charge is -2.12. The number of pyridine rings is 1. The number of hydrogen-bond donors (Lipinski definition) is 1. The minimum atomic E-state index is -0.397. The minimum absolute atomic E-state index is 0.162. The van der Waals surface area contributed by atoms with Crippen molar-refractivity contribution in [3.63, 3.8) is 0 Å². The van der Waals surface area contributed by atoms with E-state index in [-0.39, 0.29) is 5.91 Å². The molecule has 0 bridgehead atoms. The number of hydrogen-bond acceptors (Lipinski definition) is 5. The number of carbonyl (C=O) groups is 1. The second-order valence-corrected chi connectivity index (χ2v) is 5.17. The Balaban J connectivity index is 1.82. The zero-order valence-electron chi connectivity index (χ0n) is 12.6. The van der Waals surface area contributed by atoms with E-state index in [1.807, 2.05) is 6.92 Å². The molecule has 0 aliphatic carbocycles. The van der Waals surface area contributed by atoms with Crippen LogP contribution in [0.5, 0.6) is 11.6 Å². The van der Waals surface area contributed by atoms with Gasteiger partial charge in [-0.05, 0) is 31.9 Å². The van der Waals surface area contributed by atoms with E-state index in [0.29, 0.717) is 29.6 Å². The number of nitrogens with zero attached hydrogens (tertiary/aromatic N) is 3. The van der Waals surface area contributed by atoms with Crippen LogP contribution in [0.1, 0.15) is 18.5 Å². The van der Waals surface area contributed by atoms with Crippen LogP contribution in [0.15, 0.2) is 24.5 Å². The van der Waals surface area contributed by atoms with Crippen molar-refractivity contribution >= 4 is 11.6 Å². The normalized spacial score (nSPS) is 17.5. The van der Waals surface area contributed by atoms with Crippen molar-refractivity contribution in [3.8, 4) is 11.6 Å². The highest BCUT2D eigenvalue weighted by Crippen LogP contribution is 2.32. The summed E-state index contributed by atoms with van der Waals surface area (Å²) >= 11 is 0. The summed E-state index contributed by atoms with van der Waals surface area (Å²) in [6, 6.07) is 3.57. The summed E-state index contributed by atoms with van der Waals surface area (Å²) in [6.07, 6.45) is 4.52. The maximum Gasteiger partial charge on any atom is 0.253 e. The smallest absolute Gasteiger partial charge is 0.253 e. The Morgan fingerprint density at radius 2 is 2.41 bits per heavy atom. The van der Waals surface area contributed by atoms with Gasteiger partial charge in [-0.2, -0.15) is 5.10 Å². The number of anilines is 1. The average molecular weight is 302 g/mol. The van der Waals surface area contributed by atoms with Crippen LogP contribution >= 0.6 is 0 Å². The van der Waals surface area contributed by atoms with Gasteiger partial charge in [0.2, 0.25) is 5.88 Å². The van der Waals surface area contributed by atoms with Crippen LogP contribution in [0.2, 0.25) is 0 Å². The summed E-state index contributed by atoms with van der Waals surface area (Å²) in [7, 11) is 1.76. The predicted octanol–water partition coefficient (Wildman–Crippen LogP) is 2.03. The minimum Gasteiger partial charge on any atom is -0.436 e. The van der Waals surface area contributed by atoms with Crippen LogP contribution in [0.3, 0.4) is 0 Å². The fourth-order valence-corrected chi connectivity index (χ4v) is 2.41. The first-order chi connectivity index (χ1) is 10.6. The van der Waals surface area contributed by atoms with Gasteiger partial charge < -0.3 is 14.8 Å². The van der Waals surface area contributed by atoms with Gasteiger partial charge in [-0.1, -0.05) is 0 Å². The summed E-state index contributed by atoms with van der Waals surface area (Å²) < 4.78 is 12.8. The molecule has 3 heterocycles. The molecule has 116 valence electrons. The van der Waals surface area contributed by atoms with E-state index in [9.17, 15) is 4.79 Å². The molecule has 1 atom stereocenters. The van der Waals surface area contributed by atoms with Gasteiger partial charge in [-0.25, -0.2) is 4.68 Å². The number of ether oxygens (including phenoxy) is 2. The van der Waals surface area contributed by atoms with Crippen LogP contribution in [0.4, 0.5) is 5.69 Å². The maximum absolute atomic E-state index is 12.2. The molecule has 0 saturated carbocycles. The topological polar surface area (TPSA) is 78.3 Å². The Morgan fingerprint density at radius 1 is 1.55 bits per heavy atom. The molecule has 0 aromatic carbocycles. The van der Waals surface area contributed by atoms with E-state index < -0.39 is 6.10 Å². The molecule has 1 N–H and O–H groups in total. The third-order valence-electron chi connectivity index (χ3n) is 3.49. The van der Waals surface area contributed by atoms with Crippen LogP contribution in [0.25, 0.3) is 0 Å². The molecule has 2 aromatic rings. The summed E-state index contributed by atoms with van der Waals surface area (Å²) in [6.45, 7) is 2.45. The van der Waals surface area contributed by atoms with Crippen molar-refractivity contribution in [1.29, 1.82) is 0 Å². The highest BCUT2D eigenvalue weighted by molar-refractivity contribution is 5.96. The lowest BCUT2D eigenvalue weighted by atomic mass is 10.2. The van der Waals surface area contributed by atoms with Crippen LogP contribution in [-0.4, -0.2) is 33.4 Å². The molecule has 0 unspecified atom stereocenters. The second-order valence-electron chi connectivity index (χ2n) is 5.17. The largest absolute Gasteiger partial charge is 0.436 e. The van der Waals surface area contributed by atoms with Crippen molar-refractivity contribution in [1.82, 2.24) is 14.8 Å². The fourth-order valence-electron chi connectivity index (χ4n) is 2.41. The van der Waals surface area contributed by atoms with E-state index in [4.69, 9.17) is 9.47 Å². The first kappa shape index (κ1) is 14.5. The fraction of sp³-hybridized carbons (Fsp3) is 0.400. The van der Waals surface area contributed by atoms with E-state index in [0.717, 1.165) is 12.8 Å². The maximum atomic E-state index is 12.2. The lowest BCUT2D eigenvalue weighted by molar-refractivity contribution is -0.124. The zero-order chi connectivity index (χ0) is 15.5. The average Bonchev–Trinajstić information content (AvgIpc) is 3.13. The van der Waals surface area contributed by atoms with Crippen molar-refractivity contribution in [2.24, 2.45) is 7.05 Å². The molecular formula is C15H18N4O3. The molecule has 1 aliphatic heterocycles. The number of carbonyl (C=O) groups excluding carboxylic acids is 1. The number of amides is 1. The molecular weight excluding hydrogens is 284 g/mol. The third-order valence-corrected chi connectivity index (χ3v) is 3.49. The molecule has 0 spiro atoms. The van der Waals surface area contributed by atoms with Gasteiger partial charge >= 0.3 is 0 Å². The number of rotatable bonds is 4. The Labute approximate surface area is 128 Å². The van der Waals surface area contributed by atoms with E-state index in [1.165, 1.54) is 0 Å². The SMILES string of the molecule is Cc1nn(C)c(Oc2cccnc2)c1NC(=O)[C@@H]1CCCO1. The molecule has 3 rings (SSSR count). The summed E-state index contributed by atoms with van der Waals surface area (Å²) in [5.41, 5.74) is 1.25. The molecule has 2 aromatic heterocycles. The van der Waals surface area contributed by atoms with Gasteiger partial charge in [-0.3, -0.25) is 9.78 Å². The molecule has 22 heavy (non-hydrogen) atoms. The quantitative estimate of drug-likeness (QED) is 0.935. The molecule has 1 saturated heterocycles. The molecule has 1 amide bonds. The summed E-state index contributed by atoms with van der Waals surface area (Å²) in [5, 5.41) is 7.17. The Bertz CT molecular complexity index is 663. The molecule has 1 fully saturated rings. The summed E-state index contributed by atoms with van der Waals surface area (Å²) in [4.78, 5) is 16.2. The van der Waals surface area contributed by atoms with Crippen molar-refractivity contribution in [2.45, 2.75) is 25.9 Å². The first-order valence-electron chi connectivity index (χ1n) is 7.19. The van der Waals surface area contributed by atoms with Crippen LogP contribution in [-0.2, 0) is 16.6 Å². The molecule has 7 nitrogen and oxygen atoms in total. The van der Waals surface area contributed by atoms with Crippen LogP contribution < -0.4 is 10.1 Å². The monoisotopic (exact) mass is 302 g/mol. The van der Waals surface area contributed by atoms with Gasteiger partial charge in [-0.15, -0.1) is 0 Å². The van der Waals surface area contributed by atoms with Gasteiger partial charge in [0, 0.05) is 19.9 Å². The number of aromatic nitrogens is 3. The zero-order valence-corrected chi connectivity index (χ0v) is 12.6. The van der Waals surface area contributed by atoms with Crippen molar-refractivity contribution < 1.29 is 14.3 Å². The Hall–Kier alpha value is -2.41. The van der Waals surface area contributed by atoms with E-state index in [1.54, 1.807) is 36.3 Å². The van der Waals surface area contributed by atoms with Gasteiger partial charge in [0.1, 0.15) is 17.5 Å². The standard InChI is InChI=1S/C15H18N4O3/c1-10-13(17-14(20)12-6-4-8-21-12)15(19(2)18-10)22-11-5-3-7-16-9-11/h3,5,7,9,12H,4,6,8H2,1-2H3,(H,17,20)/t12-/m0/s1. The molecule has 7 heteroatoms. The van der Waals surface area contributed by atoms with Gasteiger partial charge in [0.25, 0.3) is 5.91 Å². The lowest BCUT2D eigenvalue weighted by Crippen LogP contribution is -2.27. The number of aryl methyl sites for hydroxylation is 2. The van der Waals surface area contributed by atoms with E-state index in [2.05, 4.69) is 15.4 Å². The third kappa shape index (κ3) is 2.94. The summed E-state index contributed by atoms with van der Waals surface area (Å²) in [5.74, 6) is 0.889. The molecule has 1 aliphatic rings. The highest BCUT2D eigenvalue weighted by atomic mass is 16.5. The number of nitrogens with one attached hydrogen (secondary N) is 1. The van der Waals surface area contributed by atoms with Crippen molar-refractivity contribution in [2.75, 3.05) is 11.9 Å². The van der Waals surface area contributed by atoms with Crippen LogP contribution in [0, 0.1) is 6.92 Å². The Morgan fingerprint density at radius 3 is 3.09 bits per heavy atom. The van der Waals surface area contributed by atoms with Gasteiger partial charge in [0.05, 0.1) is 11.9 Å². The second kappa shape index (κ2) is 6.15.